The summed E-state index contributed by atoms with van der Waals surface area (Å²) >= 11 is 0. The van der Waals surface area contributed by atoms with E-state index in [0.29, 0.717) is 32.2 Å². The Kier molecular flexibility index (Phi) is 7.41. The van der Waals surface area contributed by atoms with Crippen molar-refractivity contribution in [2.24, 2.45) is 4.99 Å². The minimum Gasteiger partial charge on any atom is -0.450 e. The lowest BCUT2D eigenvalue weighted by molar-refractivity contribution is 0.0963. The number of benzene rings is 1. The van der Waals surface area contributed by atoms with Crippen LogP contribution in [-0.4, -0.2) is 77.0 Å². The second kappa shape index (κ2) is 10.0. The maximum atomic E-state index is 12.8. The molecule has 0 aromatic heterocycles. The summed E-state index contributed by atoms with van der Waals surface area (Å²) in [6.45, 7) is 4.17. The SMILES string of the molecule is CCOC(=O)N1CCC(NC(=NC)NCCS(=O)(=O)N2CCc3ccccc32)CC1. The van der Waals surface area contributed by atoms with Gasteiger partial charge < -0.3 is 20.3 Å². The molecule has 2 N–H and O–H groups in total. The molecular weight excluding hydrogens is 406 g/mol. The minimum atomic E-state index is -3.40. The Morgan fingerprint density at radius 1 is 1.23 bits per heavy atom. The number of nitrogens with one attached hydrogen (secondary N) is 2. The Balaban J connectivity index is 1.45. The number of fused-ring (bicyclic) bond motifs is 1. The molecule has 0 bridgehead atoms. The molecule has 0 saturated carbocycles. The quantitative estimate of drug-likeness (QED) is 0.511. The monoisotopic (exact) mass is 437 g/mol. The third kappa shape index (κ3) is 5.35. The highest BCUT2D eigenvalue weighted by molar-refractivity contribution is 7.92. The molecule has 0 unspecified atom stereocenters. The molecule has 1 aromatic carbocycles. The second-order valence-electron chi connectivity index (χ2n) is 7.37. The second-order valence-corrected chi connectivity index (χ2v) is 9.38. The lowest BCUT2D eigenvalue weighted by Gasteiger charge is -2.32. The van der Waals surface area contributed by atoms with E-state index in [1.165, 1.54) is 4.31 Å². The van der Waals surface area contributed by atoms with Gasteiger partial charge in [-0.15, -0.1) is 0 Å². The maximum Gasteiger partial charge on any atom is 0.409 e. The summed E-state index contributed by atoms with van der Waals surface area (Å²) in [7, 11) is -1.74. The van der Waals surface area contributed by atoms with Crippen molar-refractivity contribution in [3.05, 3.63) is 29.8 Å². The first-order valence-corrected chi connectivity index (χ1v) is 12.0. The number of hydrogen-bond acceptors (Lipinski definition) is 5. The van der Waals surface area contributed by atoms with Crippen molar-refractivity contribution in [1.82, 2.24) is 15.5 Å². The number of amides is 1. The third-order valence-electron chi connectivity index (χ3n) is 5.42. The molecule has 166 valence electrons. The highest BCUT2D eigenvalue weighted by atomic mass is 32.2. The highest BCUT2D eigenvalue weighted by Crippen LogP contribution is 2.29. The normalized spacial score (nSPS) is 17.6. The average molecular weight is 438 g/mol. The summed E-state index contributed by atoms with van der Waals surface area (Å²) in [4.78, 5) is 17.7. The molecule has 2 aliphatic rings. The van der Waals surface area contributed by atoms with Gasteiger partial charge in [0.15, 0.2) is 5.96 Å². The molecule has 0 spiro atoms. The number of rotatable bonds is 6. The number of hydrogen-bond donors (Lipinski definition) is 2. The van der Waals surface area contributed by atoms with Crippen molar-refractivity contribution in [3.8, 4) is 0 Å². The number of carbonyl (C=O) groups is 1. The summed E-state index contributed by atoms with van der Waals surface area (Å²) in [5.74, 6) is 0.560. The van der Waals surface area contributed by atoms with Crippen LogP contribution in [0.15, 0.2) is 29.3 Å². The number of sulfonamides is 1. The van der Waals surface area contributed by atoms with E-state index in [1.54, 1.807) is 18.9 Å². The first-order valence-electron chi connectivity index (χ1n) is 10.4. The van der Waals surface area contributed by atoms with Crippen LogP contribution in [0.3, 0.4) is 0 Å². The van der Waals surface area contributed by atoms with Crippen LogP contribution in [0.25, 0.3) is 0 Å². The van der Waals surface area contributed by atoms with E-state index in [9.17, 15) is 13.2 Å². The topological polar surface area (TPSA) is 103 Å². The number of nitrogens with zero attached hydrogens (tertiary/aromatic N) is 3. The fraction of sp³-hybridized carbons (Fsp3) is 0.600. The number of ether oxygens (including phenoxy) is 1. The molecule has 1 amide bonds. The molecule has 3 rings (SSSR count). The van der Waals surface area contributed by atoms with Crippen molar-refractivity contribution in [1.29, 1.82) is 0 Å². The van der Waals surface area contributed by atoms with Gasteiger partial charge in [0.1, 0.15) is 0 Å². The van der Waals surface area contributed by atoms with Crippen LogP contribution in [0.4, 0.5) is 10.5 Å². The molecule has 0 atom stereocenters. The van der Waals surface area contributed by atoms with E-state index in [-0.39, 0.29) is 24.4 Å². The molecule has 9 nitrogen and oxygen atoms in total. The molecule has 0 radical (unpaired) electrons. The van der Waals surface area contributed by atoms with Crippen LogP contribution in [-0.2, 0) is 21.2 Å². The number of guanidine groups is 1. The van der Waals surface area contributed by atoms with Crippen molar-refractivity contribution in [2.45, 2.75) is 32.2 Å². The van der Waals surface area contributed by atoms with E-state index < -0.39 is 10.0 Å². The predicted molar refractivity (Wildman–Crippen MR) is 117 cm³/mol. The fourth-order valence-corrected chi connectivity index (χ4v) is 5.24. The molecule has 1 aromatic rings. The van der Waals surface area contributed by atoms with Crippen LogP contribution in [0.2, 0.25) is 0 Å². The Bertz CT molecular complexity index is 866. The van der Waals surface area contributed by atoms with Gasteiger partial charge in [-0.25, -0.2) is 13.2 Å². The van der Waals surface area contributed by atoms with Gasteiger partial charge in [-0.1, -0.05) is 18.2 Å². The first kappa shape index (κ1) is 22.2. The van der Waals surface area contributed by atoms with Crippen molar-refractivity contribution in [3.63, 3.8) is 0 Å². The smallest absolute Gasteiger partial charge is 0.409 e. The van der Waals surface area contributed by atoms with Crippen LogP contribution in [0.5, 0.6) is 0 Å². The van der Waals surface area contributed by atoms with Crippen molar-refractivity contribution >= 4 is 27.8 Å². The summed E-state index contributed by atoms with van der Waals surface area (Å²) in [5, 5.41) is 6.42. The van der Waals surface area contributed by atoms with Gasteiger partial charge in [-0.2, -0.15) is 0 Å². The molecule has 2 heterocycles. The van der Waals surface area contributed by atoms with Crippen LogP contribution < -0.4 is 14.9 Å². The van der Waals surface area contributed by atoms with Gasteiger partial charge >= 0.3 is 6.09 Å². The van der Waals surface area contributed by atoms with Gasteiger partial charge in [0.2, 0.25) is 10.0 Å². The molecule has 1 saturated heterocycles. The summed E-state index contributed by atoms with van der Waals surface area (Å²) in [6.07, 6.45) is 2.04. The van der Waals surface area contributed by atoms with Crippen molar-refractivity contribution in [2.75, 3.05) is 49.9 Å². The van der Waals surface area contributed by atoms with E-state index >= 15 is 0 Å². The summed E-state index contributed by atoms with van der Waals surface area (Å²) < 4.78 is 32.1. The molecule has 2 aliphatic heterocycles. The number of aliphatic imine (C=N–C) groups is 1. The minimum absolute atomic E-state index is 0.0106. The number of likely N-dealkylation sites (tertiary alicyclic amines) is 1. The standard InChI is InChI=1S/C20H31N5O4S/c1-3-29-20(26)24-12-9-17(10-13-24)23-19(21-2)22-11-15-30(27,28)25-14-8-16-6-4-5-7-18(16)25/h4-7,17H,3,8-15H2,1-2H3,(H2,21,22,23). The average Bonchev–Trinajstić information content (AvgIpc) is 3.19. The van der Waals surface area contributed by atoms with E-state index in [0.717, 1.165) is 30.5 Å². The molecular formula is C20H31N5O4S. The first-order chi connectivity index (χ1) is 14.4. The van der Waals surface area contributed by atoms with E-state index in [1.807, 2.05) is 24.3 Å². The molecule has 1 fully saturated rings. The largest absolute Gasteiger partial charge is 0.450 e. The lowest BCUT2D eigenvalue weighted by atomic mass is 10.1. The van der Waals surface area contributed by atoms with E-state index in [4.69, 9.17) is 4.74 Å². The number of piperidine rings is 1. The predicted octanol–water partition coefficient (Wildman–Crippen LogP) is 1.16. The fourth-order valence-electron chi connectivity index (χ4n) is 3.81. The Morgan fingerprint density at radius 2 is 1.97 bits per heavy atom. The van der Waals surface area contributed by atoms with Gasteiger partial charge in [0.25, 0.3) is 0 Å². The van der Waals surface area contributed by atoms with Gasteiger partial charge in [-0.05, 0) is 37.8 Å². The molecule has 0 aliphatic carbocycles. The summed E-state index contributed by atoms with van der Waals surface area (Å²) in [6, 6.07) is 7.80. The zero-order chi connectivity index (χ0) is 21.6. The summed E-state index contributed by atoms with van der Waals surface area (Å²) in [5.41, 5.74) is 1.86. The van der Waals surface area contributed by atoms with Crippen LogP contribution >= 0.6 is 0 Å². The van der Waals surface area contributed by atoms with Crippen molar-refractivity contribution < 1.29 is 17.9 Å². The van der Waals surface area contributed by atoms with Gasteiger partial charge in [0.05, 0.1) is 18.0 Å². The zero-order valence-electron chi connectivity index (χ0n) is 17.6. The van der Waals surface area contributed by atoms with Gasteiger partial charge in [-0.3, -0.25) is 9.30 Å². The Hall–Kier alpha value is -2.49. The Labute approximate surface area is 178 Å². The number of para-hydroxylation sites is 1. The molecule has 30 heavy (non-hydrogen) atoms. The van der Waals surface area contributed by atoms with E-state index in [2.05, 4.69) is 15.6 Å². The third-order valence-corrected chi connectivity index (χ3v) is 7.19. The van der Waals surface area contributed by atoms with Crippen LogP contribution in [0, 0.1) is 0 Å². The number of anilines is 1. The number of carbonyl (C=O) groups excluding carboxylic acids is 1. The lowest BCUT2D eigenvalue weighted by Crippen LogP contribution is -2.50. The Morgan fingerprint density at radius 3 is 2.67 bits per heavy atom. The molecule has 10 heteroatoms. The van der Waals surface area contributed by atoms with Crippen LogP contribution in [0.1, 0.15) is 25.3 Å². The zero-order valence-corrected chi connectivity index (χ0v) is 18.5. The van der Waals surface area contributed by atoms with Gasteiger partial charge in [0, 0.05) is 39.3 Å². The maximum absolute atomic E-state index is 12.8. The highest BCUT2D eigenvalue weighted by Gasteiger charge is 2.29.